The van der Waals surface area contributed by atoms with Gasteiger partial charge >= 0.3 is 0 Å². The van der Waals surface area contributed by atoms with Crippen LogP contribution in [0.15, 0.2) is 89.3 Å². The number of nitrogens with one attached hydrogen (secondary N) is 1. The fraction of sp³-hybridized carbons (Fsp3) is 0.143. The van der Waals surface area contributed by atoms with E-state index in [9.17, 15) is 4.79 Å². The summed E-state index contributed by atoms with van der Waals surface area (Å²) in [6, 6.07) is 26.9. The first kappa shape index (κ1) is 21.5. The third-order valence-corrected chi connectivity index (χ3v) is 5.59. The summed E-state index contributed by atoms with van der Waals surface area (Å²) in [5.74, 6) is 1.91. The number of amides is 1. The van der Waals surface area contributed by atoms with E-state index in [4.69, 9.17) is 18.9 Å². The van der Waals surface area contributed by atoms with E-state index >= 15 is 0 Å². The first-order valence-electron chi connectivity index (χ1n) is 11.2. The monoisotopic (exact) mass is 452 g/mol. The lowest BCUT2D eigenvalue weighted by Crippen LogP contribution is -2.13. The van der Waals surface area contributed by atoms with Crippen molar-refractivity contribution in [3.05, 3.63) is 84.9 Å². The maximum Gasteiger partial charge on any atom is 0.229 e. The van der Waals surface area contributed by atoms with Crippen LogP contribution < -0.4 is 14.8 Å². The molecule has 6 nitrogen and oxygen atoms in total. The third-order valence-electron chi connectivity index (χ3n) is 5.59. The number of carbonyl (C=O) groups is 1. The zero-order valence-corrected chi connectivity index (χ0v) is 18.8. The van der Waals surface area contributed by atoms with Gasteiger partial charge in [-0.1, -0.05) is 42.5 Å². The van der Waals surface area contributed by atoms with Gasteiger partial charge in [0, 0.05) is 11.8 Å². The molecule has 170 valence electrons. The number of benzene rings is 4. The number of carbonyl (C=O) groups excluding carboxylic acids is 1. The molecule has 0 radical (unpaired) electrons. The van der Waals surface area contributed by atoms with Crippen LogP contribution in [0.3, 0.4) is 0 Å². The van der Waals surface area contributed by atoms with E-state index in [1.54, 1.807) is 7.11 Å². The molecule has 0 fully saturated rings. The second-order valence-corrected chi connectivity index (χ2v) is 7.87. The molecule has 0 aliphatic rings. The van der Waals surface area contributed by atoms with Crippen molar-refractivity contribution >= 4 is 33.5 Å². The molecule has 1 aromatic heterocycles. The highest BCUT2D eigenvalue weighted by molar-refractivity contribution is 6.04. The molecule has 5 rings (SSSR count). The number of methoxy groups -OCH3 is 1. The van der Waals surface area contributed by atoms with Gasteiger partial charge in [0.2, 0.25) is 11.8 Å². The molecule has 0 saturated carbocycles. The topological polar surface area (TPSA) is 73.6 Å². The minimum absolute atomic E-state index is 0.0904. The van der Waals surface area contributed by atoms with Crippen LogP contribution in [-0.4, -0.2) is 24.6 Å². The van der Waals surface area contributed by atoms with E-state index in [1.165, 1.54) is 0 Å². The number of hydrogen-bond donors (Lipinski definition) is 1. The molecule has 1 heterocycles. The van der Waals surface area contributed by atoms with Crippen LogP contribution in [0.2, 0.25) is 0 Å². The minimum Gasteiger partial charge on any atom is -0.497 e. The number of ether oxygens (including phenoxy) is 2. The van der Waals surface area contributed by atoms with Crippen molar-refractivity contribution in [1.29, 1.82) is 0 Å². The molecule has 0 saturated heterocycles. The molecule has 0 unspecified atom stereocenters. The van der Waals surface area contributed by atoms with Crippen molar-refractivity contribution in [1.82, 2.24) is 4.98 Å². The van der Waals surface area contributed by atoms with Gasteiger partial charge in [0.05, 0.1) is 25.0 Å². The van der Waals surface area contributed by atoms with Crippen LogP contribution in [0.25, 0.3) is 33.3 Å². The number of rotatable bonds is 8. The number of fused-ring (bicyclic) bond motifs is 3. The zero-order valence-electron chi connectivity index (χ0n) is 18.8. The summed E-state index contributed by atoms with van der Waals surface area (Å²) in [7, 11) is 1.62. The van der Waals surface area contributed by atoms with Gasteiger partial charge in [-0.2, -0.15) is 0 Å². The van der Waals surface area contributed by atoms with Crippen LogP contribution >= 0.6 is 0 Å². The first-order valence-corrected chi connectivity index (χ1v) is 11.2. The van der Waals surface area contributed by atoms with E-state index < -0.39 is 0 Å². The number of nitrogens with zero attached hydrogens (tertiary/aromatic N) is 1. The molecule has 5 aromatic rings. The molecule has 0 atom stereocenters. The summed E-state index contributed by atoms with van der Waals surface area (Å²) in [4.78, 5) is 17.4. The molecular formula is C28H24N2O4. The Labute approximate surface area is 197 Å². The van der Waals surface area contributed by atoms with Crippen molar-refractivity contribution in [2.75, 3.05) is 19.0 Å². The van der Waals surface area contributed by atoms with Gasteiger partial charge in [-0.25, -0.2) is 4.98 Å². The fourth-order valence-electron chi connectivity index (χ4n) is 3.86. The van der Waals surface area contributed by atoms with Gasteiger partial charge in [-0.05, 0) is 54.3 Å². The minimum atomic E-state index is -0.0904. The van der Waals surface area contributed by atoms with Gasteiger partial charge in [-0.15, -0.1) is 0 Å². The zero-order chi connectivity index (χ0) is 23.3. The van der Waals surface area contributed by atoms with Gasteiger partial charge < -0.3 is 19.2 Å². The van der Waals surface area contributed by atoms with Crippen molar-refractivity contribution in [2.24, 2.45) is 0 Å². The van der Waals surface area contributed by atoms with Crippen LogP contribution in [0.1, 0.15) is 12.8 Å². The largest absolute Gasteiger partial charge is 0.497 e. The lowest BCUT2D eigenvalue weighted by atomic mass is 10.1. The number of oxazole rings is 1. The highest BCUT2D eigenvalue weighted by Crippen LogP contribution is 2.33. The molecule has 0 aliphatic heterocycles. The summed E-state index contributed by atoms with van der Waals surface area (Å²) in [5.41, 5.74) is 2.93. The number of hydrogen-bond acceptors (Lipinski definition) is 5. The highest BCUT2D eigenvalue weighted by Gasteiger charge is 2.15. The lowest BCUT2D eigenvalue weighted by Gasteiger charge is -2.10. The van der Waals surface area contributed by atoms with Crippen molar-refractivity contribution < 1.29 is 18.7 Å². The Morgan fingerprint density at radius 1 is 0.912 bits per heavy atom. The van der Waals surface area contributed by atoms with Crippen molar-refractivity contribution in [3.8, 4) is 23.0 Å². The average molecular weight is 453 g/mol. The predicted molar refractivity (Wildman–Crippen MR) is 133 cm³/mol. The Kier molecular flexibility index (Phi) is 6.12. The highest BCUT2D eigenvalue weighted by atomic mass is 16.5. The summed E-state index contributed by atoms with van der Waals surface area (Å²) >= 11 is 0. The molecule has 0 bridgehead atoms. The lowest BCUT2D eigenvalue weighted by molar-refractivity contribution is -0.116. The van der Waals surface area contributed by atoms with Gasteiger partial charge in [0.25, 0.3) is 0 Å². The molecule has 0 aliphatic carbocycles. The van der Waals surface area contributed by atoms with E-state index in [2.05, 4.69) is 11.4 Å². The maximum absolute atomic E-state index is 12.6. The fourth-order valence-corrected chi connectivity index (χ4v) is 3.86. The number of para-hydroxylation sites is 1. The van der Waals surface area contributed by atoms with Gasteiger partial charge in [0.1, 0.15) is 17.0 Å². The Balaban J connectivity index is 1.26. The van der Waals surface area contributed by atoms with Crippen molar-refractivity contribution in [3.63, 3.8) is 0 Å². The Hall–Kier alpha value is -4.32. The van der Waals surface area contributed by atoms with Gasteiger partial charge in [-0.3, -0.25) is 4.79 Å². The molecule has 1 N–H and O–H groups in total. The maximum atomic E-state index is 12.6. The van der Waals surface area contributed by atoms with E-state index in [1.807, 2.05) is 78.9 Å². The molecule has 0 spiro atoms. The summed E-state index contributed by atoms with van der Waals surface area (Å²) in [6.45, 7) is 0.444. The molecule has 6 heteroatoms. The SMILES string of the molecule is COc1ccc(OCCCC(=O)Nc2ccccc2-c2nc3c(ccc4ccccc43)o2)cc1. The smallest absolute Gasteiger partial charge is 0.229 e. The second kappa shape index (κ2) is 9.67. The first-order chi connectivity index (χ1) is 16.7. The third kappa shape index (κ3) is 4.57. The molecule has 1 amide bonds. The number of aromatic nitrogens is 1. The summed E-state index contributed by atoms with van der Waals surface area (Å²) in [6.07, 6.45) is 0.928. The Bertz CT molecular complexity index is 1440. The molecular weight excluding hydrogens is 428 g/mol. The predicted octanol–water partition coefficient (Wildman–Crippen LogP) is 6.45. The second-order valence-electron chi connectivity index (χ2n) is 7.87. The van der Waals surface area contributed by atoms with E-state index in [-0.39, 0.29) is 5.91 Å². The van der Waals surface area contributed by atoms with E-state index in [0.717, 1.165) is 33.4 Å². The Morgan fingerprint density at radius 2 is 1.68 bits per heavy atom. The standard InChI is InChI=1S/C28H24N2O4/c1-32-20-13-15-21(16-14-20)33-18-6-11-26(31)29-24-10-5-4-9-23(24)28-30-27-22-8-3-2-7-19(22)12-17-25(27)34-28/h2-5,7-10,12-17H,6,11,18H2,1H3,(H,29,31). The number of anilines is 1. The van der Waals surface area contributed by atoms with Crippen LogP contribution in [-0.2, 0) is 4.79 Å². The quantitative estimate of drug-likeness (QED) is 0.274. The summed E-state index contributed by atoms with van der Waals surface area (Å²) < 4.78 is 16.9. The molecule has 4 aromatic carbocycles. The van der Waals surface area contributed by atoms with E-state index in [0.29, 0.717) is 36.6 Å². The molecule has 34 heavy (non-hydrogen) atoms. The van der Waals surface area contributed by atoms with Crippen LogP contribution in [0, 0.1) is 0 Å². The normalized spacial score (nSPS) is 11.0. The Morgan fingerprint density at radius 3 is 2.53 bits per heavy atom. The summed E-state index contributed by atoms with van der Waals surface area (Å²) in [5, 5.41) is 5.13. The average Bonchev–Trinajstić information content (AvgIpc) is 3.32. The van der Waals surface area contributed by atoms with Gasteiger partial charge in [0.15, 0.2) is 5.58 Å². The van der Waals surface area contributed by atoms with Crippen LogP contribution in [0.4, 0.5) is 5.69 Å². The van der Waals surface area contributed by atoms with Crippen LogP contribution in [0.5, 0.6) is 11.5 Å². The van der Waals surface area contributed by atoms with Crippen molar-refractivity contribution in [2.45, 2.75) is 12.8 Å².